The molecule has 0 saturated carbocycles. The van der Waals surface area contributed by atoms with Gasteiger partial charge in [0.15, 0.2) is 0 Å². The lowest BCUT2D eigenvalue weighted by molar-refractivity contribution is -0.384. The number of nitrogens with zero attached hydrogens (tertiary/aromatic N) is 1. The van der Waals surface area contributed by atoms with E-state index in [1.807, 2.05) is 0 Å². The fourth-order valence-electron chi connectivity index (χ4n) is 1.24. The van der Waals surface area contributed by atoms with Crippen molar-refractivity contribution in [1.29, 1.82) is 0 Å². The second-order valence-corrected chi connectivity index (χ2v) is 3.66. The van der Waals surface area contributed by atoms with Gasteiger partial charge in [0.2, 0.25) is 0 Å². The number of nitrogens with one attached hydrogen (secondary N) is 1. The van der Waals surface area contributed by atoms with Crippen molar-refractivity contribution in [2.24, 2.45) is 0 Å². The van der Waals surface area contributed by atoms with Crippen LogP contribution in [-0.4, -0.2) is 35.8 Å². The number of nitro groups is 1. The van der Waals surface area contributed by atoms with Crippen LogP contribution in [0.1, 0.15) is 6.92 Å². The molecule has 17 heavy (non-hydrogen) atoms. The Morgan fingerprint density at radius 1 is 1.59 bits per heavy atom. The van der Waals surface area contributed by atoms with E-state index >= 15 is 0 Å². The molecule has 1 atom stereocenters. The number of nitro benzene ring substituents is 1. The number of aliphatic hydroxyl groups is 1. The fraction of sp³-hybridized carbons (Fsp3) is 0.455. The lowest BCUT2D eigenvalue weighted by Crippen LogP contribution is -2.28. The summed E-state index contributed by atoms with van der Waals surface area (Å²) >= 11 is 0. The number of hydrogen-bond acceptors (Lipinski definition) is 5. The number of ether oxygens (including phenoxy) is 1. The van der Waals surface area contributed by atoms with Gasteiger partial charge in [-0.3, -0.25) is 10.1 Å². The van der Waals surface area contributed by atoms with E-state index in [0.717, 1.165) is 0 Å². The Hall–Kier alpha value is -1.66. The van der Waals surface area contributed by atoms with Crippen molar-refractivity contribution >= 4 is 5.69 Å². The molecule has 0 radical (unpaired) electrons. The molecule has 0 amide bonds. The quantitative estimate of drug-likeness (QED) is 0.421. The summed E-state index contributed by atoms with van der Waals surface area (Å²) in [5.41, 5.74) is 0.0134. The van der Waals surface area contributed by atoms with Gasteiger partial charge in [0, 0.05) is 19.2 Å². The van der Waals surface area contributed by atoms with Crippen LogP contribution in [0.3, 0.4) is 0 Å². The van der Waals surface area contributed by atoms with Crippen LogP contribution in [0.15, 0.2) is 24.3 Å². The zero-order chi connectivity index (χ0) is 12.7. The molecule has 0 spiro atoms. The third kappa shape index (κ3) is 5.28. The van der Waals surface area contributed by atoms with E-state index in [-0.39, 0.29) is 5.69 Å². The minimum absolute atomic E-state index is 0.0134. The number of rotatable bonds is 7. The van der Waals surface area contributed by atoms with E-state index in [9.17, 15) is 10.1 Å². The maximum atomic E-state index is 10.5. The summed E-state index contributed by atoms with van der Waals surface area (Å²) in [5, 5.41) is 22.5. The van der Waals surface area contributed by atoms with Crippen LogP contribution < -0.4 is 10.1 Å². The van der Waals surface area contributed by atoms with Crippen LogP contribution in [0, 0.1) is 10.1 Å². The van der Waals surface area contributed by atoms with E-state index in [1.54, 1.807) is 19.1 Å². The van der Waals surface area contributed by atoms with Crippen molar-refractivity contribution in [1.82, 2.24) is 5.32 Å². The minimum atomic E-state index is -0.460. The van der Waals surface area contributed by atoms with Crippen LogP contribution in [-0.2, 0) is 0 Å². The molecule has 0 aliphatic heterocycles. The molecule has 0 bridgehead atoms. The van der Waals surface area contributed by atoms with Crippen molar-refractivity contribution in [3.63, 3.8) is 0 Å². The molecule has 1 aromatic carbocycles. The molecule has 0 aliphatic rings. The lowest BCUT2D eigenvalue weighted by atomic mass is 10.3. The normalized spacial score (nSPS) is 12.1. The number of benzene rings is 1. The molecule has 0 aliphatic carbocycles. The maximum absolute atomic E-state index is 10.5. The molecule has 2 N–H and O–H groups in total. The topological polar surface area (TPSA) is 84.6 Å². The van der Waals surface area contributed by atoms with Crippen molar-refractivity contribution < 1.29 is 14.8 Å². The van der Waals surface area contributed by atoms with Gasteiger partial charge in [-0.1, -0.05) is 6.07 Å². The van der Waals surface area contributed by atoms with Gasteiger partial charge in [0.05, 0.1) is 17.1 Å². The highest BCUT2D eigenvalue weighted by Gasteiger charge is 2.05. The Labute approximate surface area is 99.4 Å². The first-order chi connectivity index (χ1) is 8.09. The summed E-state index contributed by atoms with van der Waals surface area (Å²) < 4.78 is 5.33. The Balaban J connectivity index is 2.31. The SMILES string of the molecule is C[C@@H](O)CNCCOc1cccc([N+](=O)[O-])c1. The lowest BCUT2D eigenvalue weighted by Gasteiger charge is -2.08. The van der Waals surface area contributed by atoms with Crippen LogP contribution in [0.25, 0.3) is 0 Å². The van der Waals surface area contributed by atoms with Crippen LogP contribution in [0.2, 0.25) is 0 Å². The highest BCUT2D eigenvalue weighted by Crippen LogP contribution is 2.18. The van der Waals surface area contributed by atoms with Gasteiger partial charge in [0.25, 0.3) is 5.69 Å². The van der Waals surface area contributed by atoms with Gasteiger partial charge in [-0.15, -0.1) is 0 Å². The second-order valence-electron chi connectivity index (χ2n) is 3.66. The van der Waals surface area contributed by atoms with E-state index < -0.39 is 11.0 Å². The van der Waals surface area contributed by atoms with Gasteiger partial charge < -0.3 is 15.2 Å². The van der Waals surface area contributed by atoms with Crippen molar-refractivity contribution in [3.8, 4) is 5.75 Å². The Morgan fingerprint density at radius 2 is 2.35 bits per heavy atom. The molecule has 6 heteroatoms. The summed E-state index contributed by atoms with van der Waals surface area (Å²) in [5.74, 6) is 0.470. The van der Waals surface area contributed by atoms with Crippen LogP contribution in [0.4, 0.5) is 5.69 Å². The average Bonchev–Trinajstić information content (AvgIpc) is 2.28. The van der Waals surface area contributed by atoms with Gasteiger partial charge in [0.1, 0.15) is 12.4 Å². The molecule has 94 valence electrons. The predicted molar refractivity (Wildman–Crippen MR) is 63.1 cm³/mol. The highest BCUT2D eigenvalue weighted by molar-refractivity contribution is 5.37. The van der Waals surface area contributed by atoms with E-state index in [4.69, 9.17) is 9.84 Å². The minimum Gasteiger partial charge on any atom is -0.492 e. The van der Waals surface area contributed by atoms with Gasteiger partial charge in [-0.05, 0) is 13.0 Å². The average molecular weight is 240 g/mol. The van der Waals surface area contributed by atoms with Crippen molar-refractivity contribution in [3.05, 3.63) is 34.4 Å². The first-order valence-electron chi connectivity index (χ1n) is 5.35. The summed E-state index contributed by atoms with van der Waals surface area (Å²) in [6.07, 6.45) is -0.396. The predicted octanol–water partition coefficient (Wildman–Crippen LogP) is 0.944. The fourth-order valence-corrected chi connectivity index (χ4v) is 1.24. The Morgan fingerprint density at radius 3 is 3.00 bits per heavy atom. The summed E-state index contributed by atoms with van der Waals surface area (Å²) in [6, 6.07) is 6.05. The van der Waals surface area contributed by atoms with Gasteiger partial charge in [-0.25, -0.2) is 0 Å². The first kappa shape index (κ1) is 13.4. The zero-order valence-corrected chi connectivity index (χ0v) is 9.63. The summed E-state index contributed by atoms with van der Waals surface area (Å²) in [6.45, 7) is 3.16. The molecule has 0 heterocycles. The summed E-state index contributed by atoms with van der Waals surface area (Å²) in [7, 11) is 0. The molecular weight excluding hydrogens is 224 g/mol. The van der Waals surface area contributed by atoms with Crippen LogP contribution in [0.5, 0.6) is 5.75 Å². The maximum Gasteiger partial charge on any atom is 0.273 e. The molecule has 1 aromatic rings. The first-order valence-corrected chi connectivity index (χ1v) is 5.35. The molecular formula is C11H16N2O4. The highest BCUT2D eigenvalue weighted by atomic mass is 16.6. The number of aliphatic hydroxyl groups excluding tert-OH is 1. The summed E-state index contributed by atoms with van der Waals surface area (Å²) in [4.78, 5) is 10.1. The Kier molecular flexibility index (Phi) is 5.38. The molecule has 1 rings (SSSR count). The van der Waals surface area contributed by atoms with E-state index in [0.29, 0.717) is 25.4 Å². The molecule has 0 saturated heterocycles. The van der Waals surface area contributed by atoms with E-state index in [1.165, 1.54) is 12.1 Å². The van der Waals surface area contributed by atoms with Crippen molar-refractivity contribution in [2.75, 3.05) is 19.7 Å². The smallest absolute Gasteiger partial charge is 0.273 e. The largest absolute Gasteiger partial charge is 0.492 e. The van der Waals surface area contributed by atoms with Crippen molar-refractivity contribution in [2.45, 2.75) is 13.0 Å². The monoisotopic (exact) mass is 240 g/mol. The van der Waals surface area contributed by atoms with E-state index in [2.05, 4.69) is 5.32 Å². The Bertz CT molecular complexity index is 368. The van der Waals surface area contributed by atoms with Gasteiger partial charge in [-0.2, -0.15) is 0 Å². The molecule has 6 nitrogen and oxygen atoms in total. The van der Waals surface area contributed by atoms with Crippen LogP contribution >= 0.6 is 0 Å². The zero-order valence-electron chi connectivity index (χ0n) is 9.63. The van der Waals surface area contributed by atoms with Gasteiger partial charge >= 0.3 is 0 Å². The number of hydrogen-bond donors (Lipinski definition) is 2. The number of non-ortho nitro benzene ring substituents is 1. The third-order valence-electron chi connectivity index (χ3n) is 2.02. The molecule has 0 unspecified atom stereocenters. The standard InChI is InChI=1S/C11H16N2O4/c1-9(14)8-12-5-6-17-11-4-2-3-10(7-11)13(15)16/h2-4,7,9,12,14H,5-6,8H2,1H3/t9-/m1/s1. The molecule has 0 aromatic heterocycles. The molecule has 0 fully saturated rings. The third-order valence-corrected chi connectivity index (χ3v) is 2.02. The second kappa shape index (κ2) is 6.82.